The van der Waals surface area contributed by atoms with Gasteiger partial charge in [-0.15, -0.1) is 0 Å². The highest BCUT2D eigenvalue weighted by atomic mass is 15.1. The second-order valence-electron chi connectivity index (χ2n) is 16.5. The van der Waals surface area contributed by atoms with Crippen molar-refractivity contribution in [1.82, 2.24) is 0 Å². The molecule has 0 saturated heterocycles. The molecule has 0 fully saturated rings. The molecule has 0 aliphatic carbocycles. The van der Waals surface area contributed by atoms with E-state index in [0.29, 0.717) is 0 Å². The summed E-state index contributed by atoms with van der Waals surface area (Å²) < 4.78 is 0. The maximum absolute atomic E-state index is 2.42. The van der Waals surface area contributed by atoms with Crippen molar-refractivity contribution in [2.45, 2.75) is 0 Å². The molecule has 2 heteroatoms. The number of benzene rings is 12. The fourth-order valence-corrected chi connectivity index (χ4v) is 9.88. The van der Waals surface area contributed by atoms with E-state index in [1.807, 2.05) is 0 Å². The molecular weight excluding hydrogens is 773 g/mol. The van der Waals surface area contributed by atoms with Crippen LogP contribution in [0.3, 0.4) is 0 Å². The van der Waals surface area contributed by atoms with Crippen LogP contribution in [-0.4, -0.2) is 0 Å². The summed E-state index contributed by atoms with van der Waals surface area (Å²) in [5, 5.41) is 12.5. The average molecular weight is 815 g/mol. The normalized spacial score (nSPS) is 11.4. The molecule has 300 valence electrons. The first-order valence-electron chi connectivity index (χ1n) is 22.0. The van der Waals surface area contributed by atoms with Crippen LogP contribution < -0.4 is 9.80 Å². The standard InChI is InChI=1S/C62H42N2/c1-5-19-43(20-6-1)45-23-17-29-49(39-45)64(50-30-18-24-46(40-50)44-21-7-2-8-22-44)52-36-38-58-60(42-52)54-32-14-16-34-56(54)61-57-37-35-51(41-59(57)53-31-13-15-33-55(53)62(58)61)63(47-25-9-3-10-26-47)48-27-11-4-12-28-48/h1-42H. The number of fused-ring (bicyclic) bond motifs is 11. The summed E-state index contributed by atoms with van der Waals surface area (Å²) in [5.74, 6) is 0. The Bertz CT molecular complexity index is 3540. The fraction of sp³-hybridized carbons (Fsp3) is 0. The van der Waals surface area contributed by atoms with Crippen molar-refractivity contribution in [2.24, 2.45) is 0 Å². The Balaban J connectivity index is 1.11. The quantitative estimate of drug-likeness (QED) is 0.141. The monoisotopic (exact) mass is 814 g/mol. The van der Waals surface area contributed by atoms with Gasteiger partial charge in [0.05, 0.1) is 0 Å². The number of anilines is 6. The predicted molar refractivity (Wildman–Crippen MR) is 274 cm³/mol. The van der Waals surface area contributed by atoms with Gasteiger partial charge in [0.2, 0.25) is 0 Å². The van der Waals surface area contributed by atoms with Crippen LogP contribution in [0.25, 0.3) is 76.1 Å². The zero-order valence-corrected chi connectivity index (χ0v) is 35.1. The summed E-state index contributed by atoms with van der Waals surface area (Å²) in [6, 6.07) is 92.7. The summed E-state index contributed by atoms with van der Waals surface area (Å²) in [6.45, 7) is 0. The Hall–Kier alpha value is -8.46. The summed E-state index contributed by atoms with van der Waals surface area (Å²) in [4.78, 5) is 4.78. The number of rotatable bonds is 8. The zero-order chi connectivity index (χ0) is 42.4. The molecule has 12 aromatic carbocycles. The number of hydrogen-bond acceptors (Lipinski definition) is 2. The molecule has 64 heavy (non-hydrogen) atoms. The number of hydrogen-bond donors (Lipinski definition) is 0. The second-order valence-corrected chi connectivity index (χ2v) is 16.5. The van der Waals surface area contributed by atoms with Crippen molar-refractivity contribution in [2.75, 3.05) is 9.80 Å². The molecule has 12 aromatic rings. The van der Waals surface area contributed by atoms with Crippen LogP contribution >= 0.6 is 0 Å². The molecule has 2 nitrogen and oxygen atoms in total. The van der Waals surface area contributed by atoms with E-state index in [2.05, 4.69) is 265 Å². The van der Waals surface area contributed by atoms with E-state index in [9.17, 15) is 0 Å². The largest absolute Gasteiger partial charge is 0.310 e. The Morgan fingerprint density at radius 3 is 0.891 bits per heavy atom. The van der Waals surface area contributed by atoms with E-state index in [-0.39, 0.29) is 0 Å². The lowest BCUT2D eigenvalue weighted by Gasteiger charge is -2.27. The zero-order valence-electron chi connectivity index (χ0n) is 35.1. The minimum absolute atomic E-state index is 1.10. The highest BCUT2D eigenvalue weighted by Crippen LogP contribution is 2.48. The topological polar surface area (TPSA) is 6.48 Å². The van der Waals surface area contributed by atoms with Crippen LogP contribution in [0.4, 0.5) is 34.1 Å². The molecule has 0 unspecified atom stereocenters. The molecule has 0 spiro atoms. The molecule has 0 bridgehead atoms. The third-order valence-corrected chi connectivity index (χ3v) is 12.7. The van der Waals surface area contributed by atoms with Gasteiger partial charge in [-0.05, 0) is 149 Å². The first-order chi connectivity index (χ1) is 31.8. The van der Waals surface area contributed by atoms with Gasteiger partial charge in [0, 0.05) is 34.1 Å². The SMILES string of the molecule is c1ccc(-c2cccc(N(c3cccc(-c4ccccc4)c3)c3ccc4c(c3)c3ccccc3c3c5ccc(N(c6ccccc6)c6ccccc6)cc5c5ccccc5c43)c2)cc1. The molecular formula is C62H42N2. The predicted octanol–water partition coefficient (Wildman–Crippen LogP) is 17.7. The smallest absolute Gasteiger partial charge is 0.0468 e. The van der Waals surface area contributed by atoms with Crippen molar-refractivity contribution in [3.05, 3.63) is 255 Å². The summed E-state index contributed by atoms with van der Waals surface area (Å²) in [6.07, 6.45) is 0. The Morgan fingerprint density at radius 2 is 0.469 bits per heavy atom. The molecule has 0 N–H and O–H groups in total. The minimum Gasteiger partial charge on any atom is -0.310 e. The van der Waals surface area contributed by atoms with Crippen molar-refractivity contribution in [3.63, 3.8) is 0 Å². The van der Waals surface area contributed by atoms with Gasteiger partial charge < -0.3 is 9.80 Å². The second kappa shape index (κ2) is 15.8. The van der Waals surface area contributed by atoms with E-state index >= 15 is 0 Å². The highest BCUT2D eigenvalue weighted by Gasteiger charge is 2.21. The molecule has 0 atom stereocenters. The molecule has 0 heterocycles. The van der Waals surface area contributed by atoms with E-state index in [1.165, 1.54) is 76.1 Å². The van der Waals surface area contributed by atoms with Crippen LogP contribution in [0, 0.1) is 0 Å². The van der Waals surface area contributed by atoms with Crippen molar-refractivity contribution in [3.8, 4) is 22.3 Å². The molecule has 0 aromatic heterocycles. The third-order valence-electron chi connectivity index (χ3n) is 12.7. The van der Waals surface area contributed by atoms with Crippen LogP contribution in [0.15, 0.2) is 255 Å². The Kier molecular flexibility index (Phi) is 9.20. The van der Waals surface area contributed by atoms with E-state index in [1.54, 1.807) is 0 Å². The van der Waals surface area contributed by atoms with Crippen LogP contribution in [0.1, 0.15) is 0 Å². The highest BCUT2D eigenvalue weighted by molar-refractivity contribution is 6.39. The first kappa shape index (κ1) is 37.3. The lowest BCUT2D eigenvalue weighted by molar-refractivity contribution is 1.29. The van der Waals surface area contributed by atoms with Crippen LogP contribution in [0.2, 0.25) is 0 Å². The third kappa shape index (κ3) is 6.44. The number of nitrogens with zero attached hydrogens (tertiary/aromatic N) is 2. The molecule has 0 aliphatic rings. The Labute approximate surface area is 373 Å². The van der Waals surface area contributed by atoms with Gasteiger partial charge in [-0.3, -0.25) is 0 Å². The van der Waals surface area contributed by atoms with Crippen LogP contribution in [-0.2, 0) is 0 Å². The molecule has 0 aliphatic heterocycles. The summed E-state index contributed by atoms with van der Waals surface area (Å²) in [5.41, 5.74) is 11.4. The summed E-state index contributed by atoms with van der Waals surface area (Å²) in [7, 11) is 0. The van der Waals surface area contributed by atoms with Gasteiger partial charge in [0.15, 0.2) is 0 Å². The van der Waals surface area contributed by atoms with Gasteiger partial charge in [0.25, 0.3) is 0 Å². The van der Waals surface area contributed by atoms with Crippen molar-refractivity contribution < 1.29 is 0 Å². The van der Waals surface area contributed by atoms with Gasteiger partial charge in [0.1, 0.15) is 0 Å². The van der Waals surface area contributed by atoms with Gasteiger partial charge in [-0.2, -0.15) is 0 Å². The van der Waals surface area contributed by atoms with Gasteiger partial charge >= 0.3 is 0 Å². The molecule has 12 rings (SSSR count). The van der Waals surface area contributed by atoms with Gasteiger partial charge in [-0.1, -0.05) is 182 Å². The Morgan fingerprint density at radius 1 is 0.172 bits per heavy atom. The lowest BCUT2D eigenvalue weighted by Crippen LogP contribution is -2.10. The van der Waals surface area contributed by atoms with E-state index in [0.717, 1.165) is 34.1 Å². The van der Waals surface area contributed by atoms with Crippen LogP contribution in [0.5, 0.6) is 0 Å². The first-order valence-corrected chi connectivity index (χ1v) is 22.0. The van der Waals surface area contributed by atoms with E-state index in [4.69, 9.17) is 0 Å². The van der Waals surface area contributed by atoms with Crippen molar-refractivity contribution >= 4 is 88.0 Å². The number of para-hydroxylation sites is 2. The molecule has 0 saturated carbocycles. The average Bonchev–Trinajstić information content (AvgIpc) is 3.38. The maximum atomic E-state index is 2.42. The van der Waals surface area contributed by atoms with Gasteiger partial charge in [-0.25, -0.2) is 0 Å². The molecule has 0 radical (unpaired) electrons. The summed E-state index contributed by atoms with van der Waals surface area (Å²) >= 11 is 0. The minimum atomic E-state index is 1.10. The van der Waals surface area contributed by atoms with Crippen molar-refractivity contribution in [1.29, 1.82) is 0 Å². The lowest BCUT2D eigenvalue weighted by atomic mass is 9.87. The fourth-order valence-electron chi connectivity index (χ4n) is 9.88. The molecule has 0 amide bonds. The maximum Gasteiger partial charge on any atom is 0.0468 e. The van der Waals surface area contributed by atoms with E-state index < -0.39 is 0 Å².